The summed E-state index contributed by atoms with van der Waals surface area (Å²) in [7, 11) is 6.63. The molecule has 6 nitrogen and oxygen atoms in total. The summed E-state index contributed by atoms with van der Waals surface area (Å²) < 4.78 is 3.95. The predicted molar refractivity (Wildman–Crippen MR) is 116 cm³/mol. The number of nitrogens with zero attached hydrogens (tertiary/aromatic N) is 4. The maximum Gasteiger partial charge on any atom is 0.555 e. The van der Waals surface area contributed by atoms with Crippen LogP contribution >= 0.6 is 11.6 Å². The van der Waals surface area contributed by atoms with E-state index in [0.717, 1.165) is 65.5 Å². The first-order valence-electron chi connectivity index (χ1n) is 10.4. The number of benzene rings is 1. The summed E-state index contributed by atoms with van der Waals surface area (Å²) >= 11 is 6.22. The van der Waals surface area contributed by atoms with Crippen LogP contribution in [-0.4, -0.2) is 75.5 Å². The van der Waals surface area contributed by atoms with Crippen LogP contribution in [0.3, 0.4) is 0 Å². The normalized spacial score (nSPS) is 31.4. The fraction of sp³-hybridized carbons (Fsp3) is 0.455. The average Bonchev–Trinajstić information content (AvgIpc) is 2.95. The summed E-state index contributed by atoms with van der Waals surface area (Å²) in [6, 6.07) is 14.2. The van der Waals surface area contributed by atoms with Gasteiger partial charge in [0, 0.05) is 17.2 Å². The van der Waals surface area contributed by atoms with E-state index < -0.39 is 0 Å². The minimum absolute atomic E-state index is 0.0899. The van der Waals surface area contributed by atoms with Crippen LogP contribution in [0.2, 0.25) is 5.02 Å². The molecule has 0 spiro atoms. The van der Waals surface area contributed by atoms with E-state index in [9.17, 15) is 4.79 Å². The molecule has 1 amide bonds. The number of nitrogens with one attached hydrogen (secondary N) is 1. The van der Waals surface area contributed by atoms with Crippen molar-refractivity contribution in [2.45, 2.75) is 6.42 Å². The number of aromatic nitrogens is 1. The molecular formula is C22H32ClN5O+4. The molecule has 154 valence electrons. The van der Waals surface area contributed by atoms with Crippen molar-refractivity contribution in [1.29, 1.82) is 0 Å². The number of carbonyl (C=O) groups excluding carboxylic acids is 1. The van der Waals surface area contributed by atoms with Gasteiger partial charge in [-0.3, -0.25) is 4.48 Å². The first-order valence-corrected chi connectivity index (χ1v) is 10.7. The van der Waals surface area contributed by atoms with Gasteiger partial charge in [0.25, 0.3) is 0 Å². The molecule has 4 rings (SSSR count). The number of pyridine rings is 1. The van der Waals surface area contributed by atoms with Crippen LogP contribution < -0.4 is 14.5 Å². The molecular weight excluding hydrogens is 386 g/mol. The fourth-order valence-electron chi connectivity index (χ4n) is 4.60. The average molecular weight is 418 g/mol. The number of fused-ring (bicyclic) bond motifs is 1. The quantitative estimate of drug-likeness (QED) is 0.599. The van der Waals surface area contributed by atoms with Gasteiger partial charge in [-0.1, -0.05) is 33.8 Å². The van der Waals surface area contributed by atoms with Crippen LogP contribution in [0, 0.1) is 0 Å². The van der Waals surface area contributed by atoms with Crippen LogP contribution in [0.4, 0.5) is 16.3 Å². The Balaban J connectivity index is 1.34. The number of hydrogen-bond donors (Lipinski definition) is 1. The maximum absolute atomic E-state index is 12.8. The highest BCUT2D eigenvalue weighted by Crippen LogP contribution is 2.28. The summed E-state index contributed by atoms with van der Waals surface area (Å²) in [5, 5.41) is 0.809. The number of carbonyl (C=O) groups is 1. The molecule has 0 aliphatic carbocycles. The monoisotopic (exact) mass is 417 g/mol. The highest BCUT2D eigenvalue weighted by atomic mass is 35.5. The summed E-state index contributed by atoms with van der Waals surface area (Å²) in [6.45, 7) is 6.32. The molecule has 0 saturated carbocycles. The van der Waals surface area contributed by atoms with Gasteiger partial charge >= 0.3 is 11.8 Å². The fourth-order valence-corrected chi connectivity index (χ4v) is 4.79. The van der Waals surface area contributed by atoms with Crippen LogP contribution in [0.15, 0.2) is 48.7 Å². The van der Waals surface area contributed by atoms with Crippen LogP contribution in [-0.2, 0) is 0 Å². The highest BCUT2D eigenvalue weighted by Gasteiger charge is 2.50. The van der Waals surface area contributed by atoms with Gasteiger partial charge < -0.3 is 4.48 Å². The minimum atomic E-state index is 0.0899. The van der Waals surface area contributed by atoms with E-state index in [1.807, 2.05) is 43.6 Å². The Morgan fingerprint density at radius 1 is 1.00 bits per heavy atom. The number of amides is 1. The van der Waals surface area contributed by atoms with Crippen molar-refractivity contribution in [3.63, 3.8) is 0 Å². The van der Waals surface area contributed by atoms with Gasteiger partial charge in [0.1, 0.15) is 51.7 Å². The Morgan fingerprint density at radius 3 is 2.45 bits per heavy atom. The molecule has 0 radical (unpaired) electrons. The van der Waals surface area contributed by atoms with E-state index in [1.165, 1.54) is 5.69 Å². The summed E-state index contributed by atoms with van der Waals surface area (Å²) in [5.41, 5.74) is 4.67. The molecule has 0 bridgehead atoms. The standard InChI is InChI=1S/C22H31ClN5O/c1-26(14-16-27(2,17-15-26)20-9-6-8-19(23)18-20)12-7-13-28(3)22(29)25-11-5-4-10-21(25)24-28/h4-6,8-11,18H,7,12-17H2,1-3H3/q+3/p+1. The van der Waals surface area contributed by atoms with E-state index in [-0.39, 0.29) is 10.6 Å². The van der Waals surface area contributed by atoms with Crippen molar-refractivity contribution in [1.82, 2.24) is 4.48 Å². The third-order valence-electron chi connectivity index (χ3n) is 6.85. The molecule has 7 heteroatoms. The smallest absolute Gasteiger partial charge is 0.317 e. The van der Waals surface area contributed by atoms with Gasteiger partial charge in [-0.15, -0.1) is 4.57 Å². The Morgan fingerprint density at radius 2 is 1.76 bits per heavy atom. The van der Waals surface area contributed by atoms with Gasteiger partial charge in [0.05, 0.1) is 27.1 Å². The number of halogens is 1. The summed E-state index contributed by atoms with van der Waals surface area (Å²) in [6.07, 6.45) is 2.84. The molecule has 2 aliphatic rings. The van der Waals surface area contributed by atoms with Gasteiger partial charge in [-0.05, 0) is 18.2 Å². The second-order valence-corrected chi connectivity index (χ2v) is 9.67. The zero-order valence-electron chi connectivity index (χ0n) is 17.6. The number of hydrogen-bond acceptors (Lipinski definition) is 2. The molecule has 1 N–H and O–H groups in total. The first-order chi connectivity index (χ1) is 13.7. The zero-order chi connectivity index (χ0) is 20.7. The van der Waals surface area contributed by atoms with Crippen LogP contribution in [0.1, 0.15) is 6.42 Å². The number of rotatable bonds is 5. The van der Waals surface area contributed by atoms with E-state index in [2.05, 4.69) is 31.7 Å². The van der Waals surface area contributed by atoms with Crippen LogP contribution in [0.25, 0.3) is 0 Å². The number of piperazine rings is 1. The lowest BCUT2D eigenvalue weighted by Crippen LogP contribution is -2.65. The lowest BCUT2D eigenvalue weighted by Gasteiger charge is -2.46. The lowest BCUT2D eigenvalue weighted by atomic mass is 10.1. The highest BCUT2D eigenvalue weighted by molar-refractivity contribution is 6.30. The molecule has 1 atom stereocenters. The maximum atomic E-state index is 12.8. The van der Waals surface area contributed by atoms with E-state index in [4.69, 9.17) is 11.6 Å². The number of likely N-dealkylation sites (N-methyl/N-ethyl adjacent to an activating group) is 2. The van der Waals surface area contributed by atoms with E-state index in [1.54, 1.807) is 4.57 Å². The molecule has 2 aliphatic heterocycles. The number of anilines is 1. The van der Waals surface area contributed by atoms with E-state index >= 15 is 0 Å². The second-order valence-electron chi connectivity index (χ2n) is 9.23. The van der Waals surface area contributed by atoms with Gasteiger partial charge in [-0.2, -0.15) is 4.79 Å². The van der Waals surface area contributed by atoms with Crippen molar-refractivity contribution in [3.8, 4) is 0 Å². The van der Waals surface area contributed by atoms with Gasteiger partial charge in [-0.25, -0.2) is 0 Å². The topological polar surface area (TPSA) is 33.0 Å². The zero-order valence-corrected chi connectivity index (χ0v) is 18.4. The van der Waals surface area contributed by atoms with Gasteiger partial charge in [0.15, 0.2) is 0 Å². The van der Waals surface area contributed by atoms with Crippen molar-refractivity contribution < 1.29 is 18.4 Å². The Hall–Kier alpha value is -1.99. The largest absolute Gasteiger partial charge is 0.555 e. The molecule has 1 saturated heterocycles. The Kier molecular flexibility index (Phi) is 5.15. The van der Waals surface area contributed by atoms with E-state index in [0.29, 0.717) is 0 Å². The van der Waals surface area contributed by atoms with Crippen molar-refractivity contribution in [2.75, 3.05) is 65.8 Å². The predicted octanol–water partition coefficient (Wildman–Crippen LogP) is 2.87. The molecule has 1 aromatic carbocycles. The molecule has 2 aromatic rings. The molecule has 1 unspecified atom stereocenters. The minimum Gasteiger partial charge on any atom is -0.317 e. The Labute approximate surface area is 178 Å². The first kappa shape index (κ1) is 20.3. The lowest BCUT2D eigenvalue weighted by molar-refractivity contribution is -0.917. The number of quaternary nitrogens is 3. The molecule has 1 fully saturated rings. The van der Waals surface area contributed by atoms with Crippen molar-refractivity contribution in [2.24, 2.45) is 0 Å². The Bertz CT molecular complexity index is 925. The SMILES string of the molecule is C[N+]1(CCC[N+]2(C)Nc3cccc[n+]3C2=O)CC[N+](C)(c2cccc(Cl)c2)CC1. The van der Waals surface area contributed by atoms with Crippen molar-refractivity contribution in [3.05, 3.63) is 53.7 Å². The molecule has 3 heterocycles. The van der Waals surface area contributed by atoms with Crippen molar-refractivity contribution >= 4 is 29.1 Å². The molecule has 29 heavy (non-hydrogen) atoms. The summed E-state index contributed by atoms with van der Waals surface area (Å²) in [4.78, 5) is 12.8. The third-order valence-corrected chi connectivity index (χ3v) is 7.09. The summed E-state index contributed by atoms with van der Waals surface area (Å²) in [5.74, 6) is 0.868. The second kappa shape index (κ2) is 7.36. The van der Waals surface area contributed by atoms with Gasteiger partial charge in [0.2, 0.25) is 0 Å². The third kappa shape index (κ3) is 3.90. The van der Waals surface area contributed by atoms with Crippen LogP contribution in [0.5, 0.6) is 0 Å². The molecule has 1 aromatic heterocycles.